The molecule has 6 nitrogen and oxygen atoms in total. The van der Waals surface area contributed by atoms with Crippen LogP contribution < -0.4 is 14.5 Å². The third-order valence-corrected chi connectivity index (χ3v) is 6.86. The lowest BCUT2D eigenvalue weighted by atomic mass is 9.99. The Hall–Kier alpha value is -3.00. The first-order chi connectivity index (χ1) is 15.7. The van der Waals surface area contributed by atoms with Crippen LogP contribution in [0.5, 0.6) is 5.75 Å². The Bertz CT molecular complexity index is 1230. The van der Waals surface area contributed by atoms with E-state index in [2.05, 4.69) is 0 Å². The van der Waals surface area contributed by atoms with E-state index in [-0.39, 0.29) is 32.7 Å². The van der Waals surface area contributed by atoms with Crippen molar-refractivity contribution in [3.63, 3.8) is 0 Å². The van der Waals surface area contributed by atoms with Gasteiger partial charge in [0.2, 0.25) is 0 Å². The molecule has 1 aromatic heterocycles. The fourth-order valence-corrected chi connectivity index (χ4v) is 5.24. The van der Waals surface area contributed by atoms with Gasteiger partial charge in [0, 0.05) is 35.9 Å². The highest BCUT2D eigenvalue weighted by Gasteiger charge is 2.47. The molecule has 170 valence electrons. The molecular weight excluding hydrogens is 483 g/mol. The number of carbonyl (C=O) groups excluding carboxylic acids is 2. The minimum Gasteiger partial charge on any atom is -0.507 e. The average Bonchev–Trinajstić information content (AvgIpc) is 3.40. The molecule has 1 unspecified atom stereocenters. The van der Waals surface area contributed by atoms with Gasteiger partial charge in [0.05, 0.1) is 22.7 Å². The highest BCUT2D eigenvalue weighted by atomic mass is 35.5. The van der Waals surface area contributed by atoms with Gasteiger partial charge >= 0.3 is 0 Å². The lowest BCUT2D eigenvalue weighted by molar-refractivity contribution is -0.132. The molecule has 1 saturated heterocycles. The Kier molecular flexibility index (Phi) is 6.38. The van der Waals surface area contributed by atoms with Gasteiger partial charge in [0.25, 0.3) is 11.7 Å². The molecule has 0 bridgehead atoms. The van der Waals surface area contributed by atoms with Crippen molar-refractivity contribution in [3.8, 4) is 5.75 Å². The van der Waals surface area contributed by atoms with E-state index in [1.165, 1.54) is 35.5 Å². The maximum Gasteiger partial charge on any atom is 0.300 e. The monoisotopic (exact) mass is 502 g/mol. The number of anilines is 2. The predicted molar refractivity (Wildman–Crippen MR) is 133 cm³/mol. The lowest BCUT2D eigenvalue weighted by Gasteiger charge is -2.25. The van der Waals surface area contributed by atoms with Crippen LogP contribution in [-0.2, 0) is 9.59 Å². The molecule has 0 radical (unpaired) electrons. The molecular formula is C24H20Cl2N2O4S. The third kappa shape index (κ3) is 4.08. The van der Waals surface area contributed by atoms with E-state index in [4.69, 9.17) is 27.9 Å². The van der Waals surface area contributed by atoms with Crippen molar-refractivity contribution in [2.24, 2.45) is 0 Å². The fraction of sp³-hybridized carbons (Fsp3) is 0.167. The first kappa shape index (κ1) is 23.2. The number of hydrogen-bond donors (Lipinski definition) is 1. The number of methoxy groups -OCH3 is 1. The summed E-state index contributed by atoms with van der Waals surface area (Å²) in [6.07, 6.45) is 0. The summed E-state index contributed by atoms with van der Waals surface area (Å²) in [5.74, 6) is -1.61. The van der Waals surface area contributed by atoms with E-state index >= 15 is 0 Å². The van der Waals surface area contributed by atoms with Crippen LogP contribution in [0.3, 0.4) is 0 Å². The Morgan fingerprint density at radius 1 is 1.09 bits per heavy atom. The molecule has 1 fully saturated rings. The lowest BCUT2D eigenvalue weighted by Crippen LogP contribution is -2.29. The largest absolute Gasteiger partial charge is 0.507 e. The Balaban J connectivity index is 1.89. The Morgan fingerprint density at radius 2 is 1.73 bits per heavy atom. The van der Waals surface area contributed by atoms with Gasteiger partial charge in [-0.25, -0.2) is 0 Å². The summed E-state index contributed by atoms with van der Waals surface area (Å²) in [5, 5.41) is 13.4. The maximum atomic E-state index is 13.2. The van der Waals surface area contributed by atoms with Crippen LogP contribution >= 0.6 is 34.5 Å². The number of thiophene rings is 1. The van der Waals surface area contributed by atoms with Crippen LogP contribution in [0.15, 0.2) is 59.5 Å². The van der Waals surface area contributed by atoms with E-state index < -0.39 is 17.7 Å². The van der Waals surface area contributed by atoms with Crippen molar-refractivity contribution >= 4 is 63.4 Å². The zero-order valence-electron chi connectivity index (χ0n) is 18.0. The molecule has 0 saturated carbocycles. The second kappa shape index (κ2) is 9.09. The van der Waals surface area contributed by atoms with Crippen LogP contribution in [0.25, 0.3) is 5.76 Å². The van der Waals surface area contributed by atoms with E-state index in [1.807, 2.05) is 48.6 Å². The highest BCUT2D eigenvalue weighted by Crippen LogP contribution is 2.45. The number of ether oxygens (including phenoxy) is 1. The number of ketones is 1. The first-order valence-electron chi connectivity index (χ1n) is 9.89. The van der Waals surface area contributed by atoms with Crippen LogP contribution in [0.4, 0.5) is 11.4 Å². The quantitative estimate of drug-likeness (QED) is 0.273. The van der Waals surface area contributed by atoms with Gasteiger partial charge < -0.3 is 14.7 Å². The molecule has 1 aliphatic heterocycles. The van der Waals surface area contributed by atoms with Gasteiger partial charge in [-0.1, -0.05) is 29.3 Å². The van der Waals surface area contributed by atoms with E-state index in [0.717, 1.165) is 10.6 Å². The topological polar surface area (TPSA) is 70.1 Å². The summed E-state index contributed by atoms with van der Waals surface area (Å²) in [5.41, 5.74) is 1.68. The predicted octanol–water partition coefficient (Wildman–Crippen LogP) is 5.76. The Labute approximate surface area is 205 Å². The summed E-state index contributed by atoms with van der Waals surface area (Å²) in [7, 11) is 5.26. The van der Waals surface area contributed by atoms with Crippen LogP contribution in [0, 0.1) is 0 Å². The van der Waals surface area contributed by atoms with Crippen molar-refractivity contribution < 1.29 is 19.4 Å². The second-order valence-corrected chi connectivity index (χ2v) is 9.36. The van der Waals surface area contributed by atoms with Crippen molar-refractivity contribution in [3.05, 3.63) is 80.0 Å². The number of amides is 1. The number of Topliss-reactive ketones (excluding diaryl/α,β-unsaturated/α-hetero) is 1. The maximum absolute atomic E-state index is 13.2. The van der Waals surface area contributed by atoms with Crippen molar-refractivity contribution in [1.82, 2.24) is 0 Å². The highest BCUT2D eigenvalue weighted by molar-refractivity contribution is 7.10. The number of hydrogen-bond acceptors (Lipinski definition) is 6. The molecule has 3 aromatic rings. The number of aliphatic hydroxyl groups excluding tert-OH is 1. The molecule has 33 heavy (non-hydrogen) atoms. The van der Waals surface area contributed by atoms with Crippen molar-refractivity contribution in [2.45, 2.75) is 6.04 Å². The SMILES string of the molecule is COc1c(Cl)cc(/C(O)=C2/C(=O)C(=O)N(c3ccc(N(C)C)cc3)C2c2cccs2)cc1Cl. The van der Waals surface area contributed by atoms with Gasteiger partial charge in [-0.15, -0.1) is 11.3 Å². The van der Waals surface area contributed by atoms with Crippen molar-refractivity contribution in [2.75, 3.05) is 31.0 Å². The van der Waals surface area contributed by atoms with Crippen LogP contribution in [0.1, 0.15) is 16.5 Å². The van der Waals surface area contributed by atoms with E-state index in [1.54, 1.807) is 12.1 Å². The summed E-state index contributed by atoms with van der Waals surface area (Å²) in [6.45, 7) is 0. The summed E-state index contributed by atoms with van der Waals surface area (Å²) in [6, 6.07) is 13.0. The molecule has 1 amide bonds. The minimum absolute atomic E-state index is 0.0311. The fourth-order valence-electron chi connectivity index (χ4n) is 3.77. The van der Waals surface area contributed by atoms with Gasteiger partial charge in [-0.3, -0.25) is 14.5 Å². The Morgan fingerprint density at radius 3 is 2.24 bits per heavy atom. The molecule has 1 N–H and O–H groups in total. The third-order valence-electron chi connectivity index (χ3n) is 5.38. The van der Waals surface area contributed by atoms with Gasteiger partial charge in [-0.2, -0.15) is 0 Å². The standard InChI is InChI=1S/C24H20Cl2N2O4S/c1-27(2)14-6-8-15(9-7-14)28-20(18-5-4-10-33-18)19(22(30)24(28)31)21(29)13-11-16(25)23(32-3)17(26)12-13/h4-12,20,29H,1-3H3/b21-19-. The summed E-state index contributed by atoms with van der Waals surface area (Å²) < 4.78 is 5.16. The number of benzene rings is 2. The minimum atomic E-state index is -0.796. The molecule has 0 aliphatic carbocycles. The normalized spacial score (nSPS) is 17.5. The molecule has 0 spiro atoms. The number of carbonyl (C=O) groups is 2. The smallest absolute Gasteiger partial charge is 0.300 e. The van der Waals surface area contributed by atoms with Gasteiger partial charge in [0.15, 0.2) is 5.75 Å². The molecule has 1 aliphatic rings. The first-order valence-corrected chi connectivity index (χ1v) is 11.5. The molecule has 4 rings (SSSR count). The van der Waals surface area contributed by atoms with Crippen LogP contribution in [0.2, 0.25) is 10.0 Å². The molecule has 2 heterocycles. The van der Waals surface area contributed by atoms with E-state index in [9.17, 15) is 14.7 Å². The summed E-state index contributed by atoms with van der Waals surface area (Å²) >= 11 is 13.9. The van der Waals surface area contributed by atoms with Gasteiger partial charge in [0.1, 0.15) is 11.8 Å². The van der Waals surface area contributed by atoms with Gasteiger partial charge in [-0.05, 0) is 47.8 Å². The zero-order chi connectivity index (χ0) is 23.9. The molecule has 9 heteroatoms. The number of rotatable bonds is 5. The number of halogens is 2. The zero-order valence-corrected chi connectivity index (χ0v) is 20.3. The summed E-state index contributed by atoms with van der Waals surface area (Å²) in [4.78, 5) is 30.4. The average molecular weight is 503 g/mol. The van der Waals surface area contributed by atoms with Crippen molar-refractivity contribution in [1.29, 1.82) is 0 Å². The van der Waals surface area contributed by atoms with E-state index in [0.29, 0.717) is 5.69 Å². The number of aliphatic hydroxyl groups is 1. The molecule has 1 atom stereocenters. The van der Waals surface area contributed by atoms with Crippen LogP contribution in [-0.4, -0.2) is 38.0 Å². The second-order valence-electron chi connectivity index (χ2n) is 7.57. The number of nitrogens with zero attached hydrogens (tertiary/aromatic N) is 2. The molecule has 2 aromatic carbocycles.